The number of alkyl halides is 3. The number of pyridine rings is 1. The van der Waals surface area contributed by atoms with Gasteiger partial charge in [-0.05, 0) is 42.5 Å². The number of nitrogens with zero attached hydrogens (tertiary/aromatic N) is 1. The van der Waals surface area contributed by atoms with Gasteiger partial charge in [-0.2, -0.15) is 13.2 Å². The lowest BCUT2D eigenvalue weighted by molar-refractivity contribution is -0.137. The number of hydrogen-bond donors (Lipinski definition) is 2. The fourth-order valence-corrected chi connectivity index (χ4v) is 4.01. The molecule has 0 spiro atoms. The third-order valence-corrected chi connectivity index (χ3v) is 5.46. The lowest BCUT2D eigenvalue weighted by Gasteiger charge is -2.13. The maximum absolute atomic E-state index is 13.0. The molecule has 2 aromatic carbocycles. The average Bonchev–Trinajstić information content (AvgIpc) is 2.78. The number of aromatic nitrogens is 1. The summed E-state index contributed by atoms with van der Waals surface area (Å²) in [5, 5.41) is 4.52. The fourth-order valence-electron chi connectivity index (χ4n) is 2.82. The van der Waals surface area contributed by atoms with Gasteiger partial charge in [0.25, 0.3) is 5.91 Å². The molecule has 0 aliphatic carbocycles. The Morgan fingerprint density at radius 1 is 1.00 bits per heavy atom. The highest BCUT2D eigenvalue weighted by Crippen LogP contribution is 2.36. The van der Waals surface area contributed by atoms with Gasteiger partial charge >= 0.3 is 12.2 Å². The van der Waals surface area contributed by atoms with E-state index in [0.29, 0.717) is 4.90 Å². The summed E-state index contributed by atoms with van der Waals surface area (Å²) >= 11 is 6.82. The van der Waals surface area contributed by atoms with Gasteiger partial charge in [0.2, 0.25) is 0 Å². The van der Waals surface area contributed by atoms with Gasteiger partial charge in [0.15, 0.2) is 0 Å². The molecule has 34 heavy (non-hydrogen) atoms. The zero-order valence-electron chi connectivity index (χ0n) is 17.7. The standard InChI is InChI=1S/C22H17ClF3N3O4S/c1-32-16-4-3-5-17(33-2)19(16)20(30)29-21(31)28-18-7-6-14(11-27-18)34-15-9-12(22(24,25)26)8-13(23)10-15/h3-11H,1-2H3,(H2,27,28,29,30,31). The van der Waals surface area contributed by atoms with E-state index < -0.39 is 23.7 Å². The number of anilines is 1. The van der Waals surface area contributed by atoms with E-state index in [1.54, 1.807) is 24.3 Å². The third-order valence-electron chi connectivity index (χ3n) is 4.29. The molecule has 3 aromatic rings. The summed E-state index contributed by atoms with van der Waals surface area (Å²) in [6.07, 6.45) is -3.16. The molecular weight excluding hydrogens is 495 g/mol. The Kier molecular flexibility index (Phi) is 7.90. The Bertz CT molecular complexity index is 1180. The Balaban J connectivity index is 1.66. The van der Waals surface area contributed by atoms with Crippen LogP contribution in [0.25, 0.3) is 0 Å². The molecule has 0 aliphatic heterocycles. The third kappa shape index (κ3) is 6.33. The molecule has 0 saturated heterocycles. The number of carbonyl (C=O) groups is 2. The smallest absolute Gasteiger partial charge is 0.416 e. The van der Waals surface area contributed by atoms with Crippen LogP contribution >= 0.6 is 23.4 Å². The van der Waals surface area contributed by atoms with E-state index in [9.17, 15) is 22.8 Å². The molecule has 7 nitrogen and oxygen atoms in total. The zero-order chi connectivity index (χ0) is 24.9. The van der Waals surface area contributed by atoms with Crippen LogP contribution in [0, 0.1) is 0 Å². The molecule has 3 amide bonds. The Hall–Kier alpha value is -3.44. The van der Waals surface area contributed by atoms with Crippen LogP contribution in [0.1, 0.15) is 15.9 Å². The van der Waals surface area contributed by atoms with Crippen LogP contribution in [0.3, 0.4) is 0 Å². The van der Waals surface area contributed by atoms with Crippen LogP contribution in [0.15, 0.2) is 64.5 Å². The van der Waals surface area contributed by atoms with Crippen molar-refractivity contribution in [1.82, 2.24) is 10.3 Å². The lowest BCUT2D eigenvalue weighted by atomic mass is 10.1. The largest absolute Gasteiger partial charge is 0.496 e. The lowest BCUT2D eigenvalue weighted by Crippen LogP contribution is -2.35. The molecule has 2 N–H and O–H groups in total. The molecule has 1 heterocycles. The number of methoxy groups -OCH3 is 2. The van der Waals surface area contributed by atoms with Gasteiger partial charge in [0.05, 0.1) is 19.8 Å². The van der Waals surface area contributed by atoms with Gasteiger partial charge in [-0.25, -0.2) is 9.78 Å². The number of urea groups is 1. The van der Waals surface area contributed by atoms with Crippen LogP contribution in [0.4, 0.5) is 23.8 Å². The van der Waals surface area contributed by atoms with E-state index in [2.05, 4.69) is 15.6 Å². The molecule has 3 rings (SSSR count). The number of ether oxygens (including phenoxy) is 2. The first-order chi connectivity index (χ1) is 16.1. The fraction of sp³-hybridized carbons (Fsp3) is 0.136. The number of carbonyl (C=O) groups excluding carboxylic acids is 2. The highest BCUT2D eigenvalue weighted by molar-refractivity contribution is 7.99. The van der Waals surface area contributed by atoms with E-state index >= 15 is 0 Å². The van der Waals surface area contributed by atoms with Crippen LogP contribution in [0.5, 0.6) is 11.5 Å². The van der Waals surface area contributed by atoms with Crippen LogP contribution in [-0.2, 0) is 6.18 Å². The molecule has 0 radical (unpaired) electrons. The van der Waals surface area contributed by atoms with Crippen LogP contribution in [-0.4, -0.2) is 31.1 Å². The molecule has 12 heteroatoms. The molecule has 1 aromatic heterocycles. The van der Waals surface area contributed by atoms with Gasteiger partial charge in [-0.1, -0.05) is 29.4 Å². The summed E-state index contributed by atoms with van der Waals surface area (Å²) in [6.45, 7) is 0. The quantitative estimate of drug-likeness (QED) is 0.429. The Morgan fingerprint density at radius 3 is 2.24 bits per heavy atom. The molecule has 0 aliphatic rings. The zero-order valence-corrected chi connectivity index (χ0v) is 19.3. The molecule has 0 saturated carbocycles. The van der Waals surface area contributed by atoms with E-state index in [1.165, 1.54) is 32.5 Å². The molecule has 0 fully saturated rings. The van der Waals surface area contributed by atoms with Crippen molar-refractivity contribution in [3.8, 4) is 11.5 Å². The first-order valence-electron chi connectivity index (χ1n) is 9.45. The minimum Gasteiger partial charge on any atom is -0.496 e. The van der Waals surface area contributed by atoms with E-state index in [-0.39, 0.29) is 32.8 Å². The Labute approximate surface area is 201 Å². The number of rotatable bonds is 6. The highest BCUT2D eigenvalue weighted by Gasteiger charge is 2.31. The first-order valence-corrected chi connectivity index (χ1v) is 10.6. The molecule has 0 bridgehead atoms. The van der Waals surface area contributed by atoms with Crippen molar-refractivity contribution in [2.75, 3.05) is 19.5 Å². The summed E-state index contributed by atoms with van der Waals surface area (Å²) in [5.41, 5.74) is -0.816. The normalized spacial score (nSPS) is 11.0. The van der Waals surface area contributed by atoms with Crippen molar-refractivity contribution >= 4 is 41.1 Å². The van der Waals surface area contributed by atoms with Crippen molar-refractivity contribution in [3.63, 3.8) is 0 Å². The van der Waals surface area contributed by atoms with Crippen molar-refractivity contribution in [1.29, 1.82) is 0 Å². The molecule has 178 valence electrons. The summed E-state index contributed by atoms with van der Waals surface area (Å²) in [4.78, 5) is 29.6. The maximum Gasteiger partial charge on any atom is 0.416 e. The number of benzene rings is 2. The van der Waals surface area contributed by atoms with Gasteiger partial charge in [-0.15, -0.1) is 0 Å². The van der Waals surface area contributed by atoms with E-state index in [4.69, 9.17) is 21.1 Å². The van der Waals surface area contributed by atoms with Crippen molar-refractivity contribution in [3.05, 3.63) is 70.9 Å². The predicted octanol–water partition coefficient (Wildman–Crippen LogP) is 5.88. The summed E-state index contributed by atoms with van der Waals surface area (Å²) in [7, 11) is 2.75. The second kappa shape index (κ2) is 10.7. The van der Waals surface area contributed by atoms with Gasteiger partial charge in [0, 0.05) is 21.0 Å². The second-order valence-corrected chi connectivity index (χ2v) is 8.18. The topological polar surface area (TPSA) is 89.5 Å². The van der Waals surface area contributed by atoms with E-state index in [0.717, 1.165) is 23.9 Å². The minimum atomic E-state index is -4.52. The molecule has 0 atom stereocenters. The van der Waals surface area contributed by atoms with Crippen molar-refractivity contribution < 1.29 is 32.2 Å². The van der Waals surface area contributed by atoms with Crippen molar-refractivity contribution in [2.24, 2.45) is 0 Å². The van der Waals surface area contributed by atoms with E-state index in [1.807, 2.05) is 0 Å². The minimum absolute atomic E-state index is 0.0436. The predicted molar refractivity (Wildman–Crippen MR) is 121 cm³/mol. The maximum atomic E-state index is 13.0. The summed E-state index contributed by atoms with van der Waals surface area (Å²) in [5.74, 6) is -0.193. The number of halogens is 4. The van der Waals surface area contributed by atoms with Gasteiger partial charge in [-0.3, -0.25) is 15.4 Å². The van der Waals surface area contributed by atoms with Gasteiger partial charge in [0.1, 0.15) is 22.9 Å². The van der Waals surface area contributed by atoms with Crippen LogP contribution < -0.4 is 20.1 Å². The average molecular weight is 512 g/mol. The van der Waals surface area contributed by atoms with Gasteiger partial charge < -0.3 is 9.47 Å². The van der Waals surface area contributed by atoms with Crippen molar-refractivity contribution in [2.45, 2.75) is 16.0 Å². The number of hydrogen-bond acceptors (Lipinski definition) is 6. The SMILES string of the molecule is COc1cccc(OC)c1C(=O)NC(=O)Nc1ccc(Sc2cc(Cl)cc(C(F)(F)F)c2)cn1. The highest BCUT2D eigenvalue weighted by atomic mass is 35.5. The summed E-state index contributed by atoms with van der Waals surface area (Å²) < 4.78 is 49.2. The Morgan fingerprint density at radius 2 is 1.68 bits per heavy atom. The monoisotopic (exact) mass is 511 g/mol. The second-order valence-electron chi connectivity index (χ2n) is 6.60. The summed E-state index contributed by atoms with van der Waals surface area (Å²) in [6, 6.07) is 10.1. The first kappa shape index (κ1) is 25.2. The molecular formula is C22H17ClF3N3O4S. The number of amides is 3. The number of imide groups is 1. The molecule has 0 unspecified atom stereocenters. The van der Waals surface area contributed by atoms with Crippen LogP contribution in [0.2, 0.25) is 5.02 Å². The number of nitrogens with one attached hydrogen (secondary N) is 2.